The molecule has 15 heteroatoms. The Balaban J connectivity index is 0. The van der Waals surface area contributed by atoms with Gasteiger partial charge in [0.1, 0.15) is 5.76 Å². The van der Waals surface area contributed by atoms with E-state index in [1.54, 1.807) is 0 Å². The van der Waals surface area contributed by atoms with Crippen LogP contribution in [-0.2, 0) is 36.5 Å². The molecule has 0 rings (SSSR count). The second-order valence-electron chi connectivity index (χ2n) is 4.09. The highest BCUT2D eigenvalue weighted by atomic mass is 35.6. The third kappa shape index (κ3) is 10.5. The van der Waals surface area contributed by atoms with Gasteiger partial charge in [0.15, 0.2) is 0 Å². The van der Waals surface area contributed by atoms with E-state index in [0.717, 1.165) is 20.3 Å². The van der Waals surface area contributed by atoms with Gasteiger partial charge in [0.25, 0.3) is 0 Å². The molecule has 0 bridgehead atoms. The molecule has 0 aliphatic heterocycles. The number of phosphoric ester groups is 1. The number of alkyl halides is 3. The lowest BCUT2D eigenvalue weighted by Crippen LogP contribution is -2.26. The van der Waals surface area contributed by atoms with E-state index in [1.165, 1.54) is 28.2 Å². The number of aliphatic hydroxyl groups is 1. The summed E-state index contributed by atoms with van der Waals surface area (Å²) in [5.41, 5.74) is 0. The number of nitrogens with one attached hydrogen (secondary N) is 1. The van der Waals surface area contributed by atoms with Gasteiger partial charge in [-0.05, 0) is 6.92 Å². The molecule has 1 unspecified atom stereocenters. The predicted octanol–water partition coefficient (Wildman–Crippen LogP) is 3.21. The van der Waals surface area contributed by atoms with Crippen molar-refractivity contribution in [2.75, 3.05) is 35.5 Å². The average molecular weight is 481 g/mol. The fourth-order valence-electron chi connectivity index (χ4n) is 1.06. The first kappa shape index (κ1) is 28.4. The zero-order valence-electron chi connectivity index (χ0n) is 14.9. The van der Waals surface area contributed by atoms with Gasteiger partial charge < -0.3 is 24.0 Å². The number of allylic oxidation sites excluding steroid dienone is 1. The predicted molar refractivity (Wildman–Crippen MR) is 98.5 cm³/mol. The molecule has 10 nitrogen and oxygen atoms in total. The average Bonchev–Trinajstić information content (AvgIpc) is 2.59. The third-order valence-corrected chi connectivity index (χ3v) is 6.87. The molecule has 0 saturated carbocycles. The Hall–Kier alpha value is 0.140. The second-order valence-corrected chi connectivity index (χ2v) is 10.6. The molecule has 26 heavy (non-hydrogen) atoms. The van der Waals surface area contributed by atoms with Crippen LogP contribution in [0.25, 0.3) is 0 Å². The van der Waals surface area contributed by atoms with Gasteiger partial charge >= 0.3 is 15.4 Å². The molecule has 2 N–H and O–H groups in total. The van der Waals surface area contributed by atoms with E-state index in [4.69, 9.17) is 39.3 Å². The summed E-state index contributed by atoms with van der Waals surface area (Å²) < 4.78 is 43.3. The van der Waals surface area contributed by atoms with Crippen LogP contribution >= 0.6 is 50.2 Å². The van der Waals surface area contributed by atoms with Gasteiger partial charge in [-0.15, -0.1) is 0 Å². The smallest absolute Gasteiger partial charge is 0.409 e. The summed E-state index contributed by atoms with van der Waals surface area (Å²) in [6.07, 6.45) is 1.14. The van der Waals surface area contributed by atoms with Crippen molar-refractivity contribution in [3.05, 3.63) is 11.8 Å². The minimum Gasteiger partial charge on any atom is -0.409 e. The number of hydrogen-bond donors (Lipinski definition) is 2. The monoisotopic (exact) mass is 479 g/mol. The molecule has 1 amide bonds. The molecule has 0 saturated heterocycles. The molecular formula is C11H22Cl3NO9P2. The van der Waals surface area contributed by atoms with Crippen LogP contribution in [-0.4, -0.2) is 56.1 Å². The number of likely N-dealkylation sites (N-methyl/N-ethyl adjacent to an activating group) is 1. The van der Waals surface area contributed by atoms with E-state index in [2.05, 4.69) is 23.4 Å². The zero-order valence-corrected chi connectivity index (χ0v) is 19.0. The number of halogens is 3. The number of amides is 1. The molecule has 156 valence electrons. The second kappa shape index (κ2) is 12.6. The molecule has 0 heterocycles. The topological polar surface area (TPSA) is 130 Å². The lowest BCUT2D eigenvalue weighted by molar-refractivity contribution is -0.116. The Labute approximate surface area is 167 Å². The molecule has 0 aliphatic rings. The van der Waals surface area contributed by atoms with Gasteiger partial charge in [-0.2, -0.15) is 0 Å². The SMILES string of the molecule is CNC(=O)C=C(C)OP(=O)(OC)OC.COP(=O)(OC)C(O)C(Cl)(Cl)Cl. The minimum atomic E-state index is -3.73. The molecule has 1 atom stereocenters. The molecule has 0 aliphatic carbocycles. The quantitative estimate of drug-likeness (QED) is 0.233. The summed E-state index contributed by atoms with van der Waals surface area (Å²) in [5.74, 6) is -2.01. The molecule has 0 fully saturated rings. The summed E-state index contributed by atoms with van der Waals surface area (Å²) in [6.45, 7) is 1.47. The Morgan fingerprint density at radius 2 is 1.50 bits per heavy atom. The summed E-state index contributed by atoms with van der Waals surface area (Å²) in [6, 6.07) is 0. The number of carbonyl (C=O) groups excluding carboxylic acids is 1. The number of aliphatic hydroxyl groups excluding tert-OH is 1. The first-order chi connectivity index (χ1) is 11.7. The summed E-state index contributed by atoms with van der Waals surface area (Å²) in [5, 5.41) is 11.5. The number of carbonyl (C=O) groups is 1. The van der Waals surface area contributed by atoms with Crippen molar-refractivity contribution in [3.63, 3.8) is 0 Å². The summed E-state index contributed by atoms with van der Waals surface area (Å²) in [4.78, 5) is 10.8. The van der Waals surface area contributed by atoms with Crippen molar-refractivity contribution in [2.24, 2.45) is 0 Å². The maximum atomic E-state index is 11.4. The van der Waals surface area contributed by atoms with Crippen molar-refractivity contribution < 1.29 is 41.6 Å². The van der Waals surface area contributed by atoms with E-state index in [9.17, 15) is 19.0 Å². The maximum Gasteiger partial charge on any atom is 0.529 e. The highest BCUT2D eigenvalue weighted by Crippen LogP contribution is 2.57. The number of rotatable bonds is 8. The lowest BCUT2D eigenvalue weighted by atomic mass is 10.5. The maximum absolute atomic E-state index is 11.4. The zero-order chi connectivity index (χ0) is 21.2. The molecule has 0 aromatic rings. The fraction of sp³-hybridized carbons (Fsp3) is 0.727. The molecular weight excluding hydrogens is 458 g/mol. The Morgan fingerprint density at radius 3 is 1.73 bits per heavy atom. The van der Waals surface area contributed by atoms with Crippen molar-refractivity contribution in [2.45, 2.75) is 16.6 Å². The minimum absolute atomic E-state index is 0.149. The van der Waals surface area contributed by atoms with E-state index < -0.39 is 25.1 Å². The first-order valence-electron chi connectivity index (χ1n) is 6.52. The van der Waals surface area contributed by atoms with Crippen LogP contribution in [0.15, 0.2) is 11.8 Å². The third-order valence-electron chi connectivity index (χ3n) is 2.39. The summed E-state index contributed by atoms with van der Waals surface area (Å²) >= 11 is 15.8. The standard InChI is InChI=1S/C7H14NO5P.C4H8Cl3O4P/c1-6(5-7(9)8-2)13-14(10,11-3)12-4;1-10-12(9,11-2)3(8)4(5,6)7/h5H,1-4H3,(H,8,9);3,8H,1-2H3. The van der Waals surface area contributed by atoms with Crippen LogP contribution in [0, 0.1) is 0 Å². The molecule has 0 aromatic carbocycles. The van der Waals surface area contributed by atoms with Crippen LogP contribution in [0.2, 0.25) is 0 Å². The van der Waals surface area contributed by atoms with Crippen LogP contribution in [0.4, 0.5) is 0 Å². The van der Waals surface area contributed by atoms with Gasteiger partial charge in [0.2, 0.25) is 15.5 Å². The van der Waals surface area contributed by atoms with Gasteiger partial charge in [0.05, 0.1) is 0 Å². The summed E-state index contributed by atoms with van der Waals surface area (Å²) in [7, 11) is -1.26. The molecule has 0 aromatic heterocycles. The Kier molecular flexibility index (Phi) is 13.7. The largest absolute Gasteiger partial charge is 0.529 e. The molecule has 0 radical (unpaired) electrons. The van der Waals surface area contributed by atoms with E-state index in [-0.39, 0.29) is 11.7 Å². The lowest BCUT2D eigenvalue weighted by Gasteiger charge is -2.24. The Morgan fingerprint density at radius 1 is 1.08 bits per heavy atom. The number of hydrogen-bond acceptors (Lipinski definition) is 9. The number of phosphoric acid groups is 1. The van der Waals surface area contributed by atoms with Crippen LogP contribution in [0.3, 0.4) is 0 Å². The fourth-order valence-corrected chi connectivity index (χ4v) is 3.75. The van der Waals surface area contributed by atoms with Crippen molar-refractivity contribution in [1.29, 1.82) is 0 Å². The van der Waals surface area contributed by atoms with Gasteiger partial charge in [-0.25, -0.2) is 4.57 Å². The normalized spacial score (nSPS) is 14.2. The van der Waals surface area contributed by atoms with E-state index in [1.807, 2.05) is 0 Å². The Bertz CT molecular complexity index is 552. The van der Waals surface area contributed by atoms with E-state index >= 15 is 0 Å². The first-order valence-corrected chi connectivity index (χ1v) is 10.7. The van der Waals surface area contributed by atoms with Crippen molar-refractivity contribution in [1.82, 2.24) is 5.32 Å². The van der Waals surface area contributed by atoms with Gasteiger partial charge in [0, 0.05) is 41.6 Å². The van der Waals surface area contributed by atoms with E-state index in [0.29, 0.717) is 0 Å². The highest BCUT2D eigenvalue weighted by molar-refractivity contribution is 7.54. The molecule has 0 spiro atoms. The van der Waals surface area contributed by atoms with Crippen LogP contribution < -0.4 is 5.32 Å². The van der Waals surface area contributed by atoms with Crippen molar-refractivity contribution >= 4 is 56.1 Å². The van der Waals surface area contributed by atoms with Gasteiger partial charge in [-0.3, -0.25) is 18.4 Å². The van der Waals surface area contributed by atoms with Gasteiger partial charge in [-0.1, -0.05) is 34.8 Å². The van der Waals surface area contributed by atoms with Crippen molar-refractivity contribution in [3.8, 4) is 0 Å². The van der Waals surface area contributed by atoms with Crippen LogP contribution in [0.1, 0.15) is 6.92 Å². The van der Waals surface area contributed by atoms with Crippen LogP contribution in [0.5, 0.6) is 0 Å². The highest BCUT2D eigenvalue weighted by Gasteiger charge is 2.46.